The number of phosphoric ester groups is 1. The maximum atomic E-state index is 12.8. The van der Waals surface area contributed by atoms with Crippen molar-refractivity contribution in [2.75, 3.05) is 47.5 Å². The van der Waals surface area contributed by atoms with Crippen molar-refractivity contribution in [3.8, 4) is 0 Å². The molecule has 2 unspecified atom stereocenters. The van der Waals surface area contributed by atoms with E-state index in [2.05, 4.69) is 62.5 Å². The lowest BCUT2D eigenvalue weighted by atomic mass is 10.0. The topological polar surface area (TPSA) is 111 Å². The van der Waals surface area contributed by atoms with Crippen molar-refractivity contribution in [1.82, 2.24) is 0 Å². The molecule has 0 aromatic carbocycles. The lowest BCUT2D eigenvalue weighted by Gasteiger charge is -2.28. The summed E-state index contributed by atoms with van der Waals surface area (Å²) in [6, 6.07) is 0. The van der Waals surface area contributed by atoms with Gasteiger partial charge in [-0.2, -0.15) is 0 Å². The van der Waals surface area contributed by atoms with Crippen LogP contribution in [0.3, 0.4) is 0 Å². The smallest absolute Gasteiger partial charge is 0.306 e. The first-order chi connectivity index (χ1) is 32.0. The lowest BCUT2D eigenvalue weighted by molar-refractivity contribution is -0.870. The maximum Gasteiger partial charge on any atom is 0.306 e. The van der Waals surface area contributed by atoms with Crippen LogP contribution in [-0.2, 0) is 32.7 Å². The summed E-state index contributed by atoms with van der Waals surface area (Å²) in [6.07, 6.45) is 58.8. The minimum absolute atomic E-state index is 0.0332. The van der Waals surface area contributed by atoms with E-state index < -0.39 is 32.5 Å². The van der Waals surface area contributed by atoms with Crippen LogP contribution in [0.2, 0.25) is 0 Å². The van der Waals surface area contributed by atoms with Gasteiger partial charge in [-0.05, 0) is 70.6 Å². The SMILES string of the molecule is CCC/C=C\C/C=C\CCCCCCCC(=O)OCC(COP(=O)([O-])OCC[N+](C)(C)C)OC(=O)CCCCCCCCCCCCCCCCCCC/C=C\C/C=C\CCCCCCC. The number of phosphoric acid groups is 1. The number of esters is 2. The van der Waals surface area contributed by atoms with Crippen molar-refractivity contribution in [2.45, 2.75) is 251 Å². The van der Waals surface area contributed by atoms with Crippen LogP contribution in [0.15, 0.2) is 48.6 Å². The number of allylic oxidation sites excluding steroid dienone is 8. The molecule has 0 aromatic rings. The van der Waals surface area contributed by atoms with E-state index in [-0.39, 0.29) is 26.1 Å². The predicted molar refractivity (Wildman–Crippen MR) is 277 cm³/mol. The zero-order chi connectivity index (χ0) is 48.5. The highest BCUT2D eigenvalue weighted by Crippen LogP contribution is 2.38. The quantitative estimate of drug-likeness (QED) is 0.0195. The highest BCUT2D eigenvalue weighted by Gasteiger charge is 2.21. The van der Waals surface area contributed by atoms with Gasteiger partial charge in [0, 0.05) is 12.8 Å². The molecule has 0 spiro atoms. The van der Waals surface area contributed by atoms with Crippen LogP contribution < -0.4 is 4.89 Å². The molecule has 386 valence electrons. The van der Waals surface area contributed by atoms with E-state index in [1.165, 1.54) is 135 Å². The summed E-state index contributed by atoms with van der Waals surface area (Å²) >= 11 is 0. The van der Waals surface area contributed by atoms with Gasteiger partial charge in [-0.1, -0.05) is 210 Å². The van der Waals surface area contributed by atoms with Crippen molar-refractivity contribution in [3.05, 3.63) is 48.6 Å². The number of hydrogen-bond donors (Lipinski definition) is 0. The third-order valence-electron chi connectivity index (χ3n) is 11.8. The number of hydrogen-bond acceptors (Lipinski definition) is 8. The number of carbonyl (C=O) groups is 2. The number of quaternary nitrogens is 1. The molecule has 0 saturated carbocycles. The first-order valence-electron chi connectivity index (χ1n) is 27.3. The zero-order valence-corrected chi connectivity index (χ0v) is 44.5. The molecule has 0 radical (unpaired) electrons. The van der Waals surface area contributed by atoms with Gasteiger partial charge in [0.1, 0.15) is 19.8 Å². The molecule has 10 heteroatoms. The Labute approximate surface area is 407 Å². The molecular weight excluding hydrogens is 846 g/mol. The van der Waals surface area contributed by atoms with E-state index >= 15 is 0 Å². The third-order valence-corrected chi connectivity index (χ3v) is 12.8. The first-order valence-corrected chi connectivity index (χ1v) is 28.8. The van der Waals surface area contributed by atoms with Crippen LogP contribution >= 0.6 is 7.82 Å². The van der Waals surface area contributed by atoms with Crippen LogP contribution in [0.4, 0.5) is 0 Å². The van der Waals surface area contributed by atoms with Crippen molar-refractivity contribution in [3.63, 3.8) is 0 Å². The van der Waals surface area contributed by atoms with Crippen molar-refractivity contribution in [2.24, 2.45) is 0 Å². The molecule has 0 saturated heterocycles. The Morgan fingerprint density at radius 1 is 0.470 bits per heavy atom. The molecule has 0 N–H and O–H groups in total. The second kappa shape index (κ2) is 48.0. The van der Waals surface area contributed by atoms with Gasteiger partial charge >= 0.3 is 11.9 Å². The maximum absolute atomic E-state index is 12.8. The molecule has 66 heavy (non-hydrogen) atoms. The van der Waals surface area contributed by atoms with Gasteiger partial charge in [-0.3, -0.25) is 14.2 Å². The van der Waals surface area contributed by atoms with E-state index in [4.69, 9.17) is 18.5 Å². The lowest BCUT2D eigenvalue weighted by Crippen LogP contribution is -2.37. The van der Waals surface area contributed by atoms with E-state index in [9.17, 15) is 19.0 Å². The Balaban J connectivity index is 4.08. The molecule has 0 aliphatic carbocycles. The minimum Gasteiger partial charge on any atom is -0.756 e. The molecule has 9 nitrogen and oxygen atoms in total. The van der Waals surface area contributed by atoms with Gasteiger partial charge in [-0.25, -0.2) is 0 Å². The van der Waals surface area contributed by atoms with E-state index in [1.807, 2.05) is 21.1 Å². The summed E-state index contributed by atoms with van der Waals surface area (Å²) < 4.78 is 34.0. The summed E-state index contributed by atoms with van der Waals surface area (Å²) in [6.45, 7) is 4.16. The Morgan fingerprint density at radius 3 is 1.26 bits per heavy atom. The fourth-order valence-corrected chi connectivity index (χ4v) is 8.28. The normalized spacial score (nSPS) is 13.7. The monoisotopic (exact) mass is 950 g/mol. The summed E-state index contributed by atoms with van der Waals surface area (Å²) in [7, 11) is 1.16. The largest absolute Gasteiger partial charge is 0.756 e. The average Bonchev–Trinajstić information content (AvgIpc) is 3.27. The van der Waals surface area contributed by atoms with Crippen molar-refractivity contribution in [1.29, 1.82) is 0 Å². The number of ether oxygens (including phenoxy) is 2. The first kappa shape index (κ1) is 64.0. The van der Waals surface area contributed by atoms with E-state index in [0.717, 1.165) is 70.6 Å². The van der Waals surface area contributed by atoms with Crippen LogP contribution in [0, 0.1) is 0 Å². The fourth-order valence-electron chi connectivity index (χ4n) is 7.55. The average molecular weight is 950 g/mol. The molecular formula is C56H104NO8P. The predicted octanol–water partition coefficient (Wildman–Crippen LogP) is 16.0. The summed E-state index contributed by atoms with van der Waals surface area (Å²) in [5.41, 5.74) is 0. The Kier molecular flexibility index (Phi) is 46.5. The van der Waals surface area contributed by atoms with Crippen molar-refractivity contribution < 1.29 is 42.1 Å². The molecule has 0 heterocycles. The Bertz CT molecular complexity index is 1260. The molecule has 2 atom stereocenters. The third kappa shape index (κ3) is 51.4. The minimum atomic E-state index is -4.63. The van der Waals surface area contributed by atoms with Gasteiger partial charge in [0.05, 0.1) is 27.7 Å². The van der Waals surface area contributed by atoms with E-state index in [0.29, 0.717) is 23.9 Å². The molecule has 0 bridgehead atoms. The van der Waals surface area contributed by atoms with E-state index in [1.54, 1.807) is 0 Å². The summed E-state index contributed by atoms with van der Waals surface area (Å²) in [5.74, 6) is -0.845. The van der Waals surface area contributed by atoms with Crippen LogP contribution in [0.25, 0.3) is 0 Å². The van der Waals surface area contributed by atoms with Crippen LogP contribution in [0.5, 0.6) is 0 Å². The number of nitrogens with zero attached hydrogens (tertiary/aromatic N) is 1. The number of rotatable bonds is 50. The standard InChI is InChI=1S/C56H104NO8P/c1-6-8-10-12-14-16-18-20-21-22-23-24-25-26-27-28-29-30-31-32-33-34-35-37-39-41-43-45-47-49-56(59)65-54(53-64-66(60,61)63-51-50-57(3,4)5)52-62-55(58)48-46-44-42-40-38-36-19-17-15-13-11-9-7-2/h11,13,17-20,22-23,54H,6-10,12,14-16,21,24-53H2,1-5H3/b13-11-,19-17-,20-18-,23-22-. The van der Waals surface area contributed by atoms with Gasteiger partial charge in [0.15, 0.2) is 6.10 Å². The summed E-state index contributed by atoms with van der Waals surface area (Å²) in [5, 5.41) is 0. The second-order valence-electron chi connectivity index (χ2n) is 19.6. The molecule has 0 aromatic heterocycles. The highest BCUT2D eigenvalue weighted by atomic mass is 31.2. The Morgan fingerprint density at radius 2 is 0.848 bits per heavy atom. The zero-order valence-electron chi connectivity index (χ0n) is 43.6. The molecule has 0 aliphatic heterocycles. The number of unbranched alkanes of at least 4 members (excludes halogenated alkanes) is 28. The number of carbonyl (C=O) groups excluding carboxylic acids is 2. The molecule has 0 amide bonds. The summed E-state index contributed by atoms with van der Waals surface area (Å²) in [4.78, 5) is 37.7. The molecule has 0 aliphatic rings. The van der Waals surface area contributed by atoms with Gasteiger partial charge in [-0.15, -0.1) is 0 Å². The fraction of sp³-hybridized carbons (Fsp3) is 0.821. The van der Waals surface area contributed by atoms with Gasteiger partial charge in [0.25, 0.3) is 7.82 Å². The second-order valence-corrected chi connectivity index (χ2v) is 21.0. The molecule has 0 fully saturated rings. The molecule has 0 rings (SSSR count). The van der Waals surface area contributed by atoms with Gasteiger partial charge < -0.3 is 27.9 Å². The number of likely N-dealkylation sites (N-methyl/N-ethyl adjacent to an activating group) is 1. The van der Waals surface area contributed by atoms with Crippen molar-refractivity contribution >= 4 is 19.8 Å². The van der Waals surface area contributed by atoms with Crippen LogP contribution in [0.1, 0.15) is 245 Å². The Hall–Kier alpha value is -2.03. The van der Waals surface area contributed by atoms with Crippen LogP contribution in [-0.4, -0.2) is 70.0 Å². The highest BCUT2D eigenvalue weighted by molar-refractivity contribution is 7.45. The van der Waals surface area contributed by atoms with Gasteiger partial charge in [0.2, 0.25) is 0 Å².